The highest BCUT2D eigenvalue weighted by atomic mass is 19.4. The van der Waals surface area contributed by atoms with Gasteiger partial charge in [-0.1, -0.05) is 0 Å². The molecule has 0 aromatic rings. The standard InChI is InChI=1S/C7H13F3N2O/c1-5(2)12(6(13)3-11)4-7(8,9)10/h5H,3-4,11H2,1-2H3. The third-order valence-corrected chi connectivity index (χ3v) is 1.47. The second-order valence-electron chi connectivity index (χ2n) is 2.93. The number of carbonyl (C=O) groups is 1. The fourth-order valence-corrected chi connectivity index (χ4v) is 0.869. The van der Waals surface area contributed by atoms with Crippen molar-refractivity contribution < 1.29 is 18.0 Å². The van der Waals surface area contributed by atoms with Crippen molar-refractivity contribution in [2.45, 2.75) is 26.1 Å². The topological polar surface area (TPSA) is 46.3 Å². The molecule has 0 aliphatic carbocycles. The molecule has 6 heteroatoms. The average Bonchev–Trinajstić information content (AvgIpc) is 1.96. The molecule has 0 rings (SSSR count). The molecule has 0 spiro atoms. The molecule has 0 aromatic carbocycles. The van der Waals surface area contributed by atoms with Crippen molar-refractivity contribution in [1.82, 2.24) is 4.90 Å². The summed E-state index contributed by atoms with van der Waals surface area (Å²) in [6, 6.07) is -0.488. The molecule has 0 aliphatic rings. The predicted molar refractivity (Wildman–Crippen MR) is 42.0 cm³/mol. The first-order chi connectivity index (χ1) is 5.78. The number of rotatable bonds is 3. The van der Waals surface area contributed by atoms with Crippen LogP contribution in [0.25, 0.3) is 0 Å². The Kier molecular flexibility index (Phi) is 4.19. The Morgan fingerprint density at radius 1 is 1.46 bits per heavy atom. The maximum atomic E-state index is 11.9. The van der Waals surface area contributed by atoms with Crippen LogP contribution < -0.4 is 5.73 Å². The van der Waals surface area contributed by atoms with E-state index < -0.39 is 31.2 Å². The zero-order valence-electron chi connectivity index (χ0n) is 7.56. The van der Waals surface area contributed by atoms with Crippen molar-refractivity contribution in [1.29, 1.82) is 0 Å². The molecule has 2 N–H and O–H groups in total. The number of alkyl halides is 3. The Morgan fingerprint density at radius 3 is 2.15 bits per heavy atom. The third-order valence-electron chi connectivity index (χ3n) is 1.47. The number of nitrogens with two attached hydrogens (primary N) is 1. The number of carbonyl (C=O) groups excluding carboxylic acids is 1. The van der Waals surface area contributed by atoms with Crippen molar-refractivity contribution in [3.63, 3.8) is 0 Å². The first kappa shape index (κ1) is 12.2. The molecule has 0 saturated carbocycles. The normalized spacial score (nSPS) is 11.9. The number of halogens is 3. The summed E-state index contributed by atoms with van der Waals surface area (Å²) >= 11 is 0. The number of amides is 1. The Bertz CT molecular complexity index is 179. The Morgan fingerprint density at radius 2 is 1.92 bits per heavy atom. The van der Waals surface area contributed by atoms with Crippen molar-refractivity contribution in [2.24, 2.45) is 5.73 Å². The van der Waals surface area contributed by atoms with Gasteiger partial charge in [-0.25, -0.2) is 0 Å². The van der Waals surface area contributed by atoms with Crippen LogP contribution in [-0.4, -0.2) is 36.1 Å². The van der Waals surface area contributed by atoms with Crippen LogP contribution in [0.5, 0.6) is 0 Å². The van der Waals surface area contributed by atoms with E-state index in [1.165, 1.54) is 13.8 Å². The van der Waals surface area contributed by atoms with Crippen LogP contribution >= 0.6 is 0 Å². The maximum absolute atomic E-state index is 11.9. The molecule has 0 aliphatic heterocycles. The lowest BCUT2D eigenvalue weighted by Gasteiger charge is -2.27. The van der Waals surface area contributed by atoms with E-state index in [0.717, 1.165) is 0 Å². The van der Waals surface area contributed by atoms with E-state index in [0.29, 0.717) is 4.90 Å². The molecule has 0 aromatic heterocycles. The van der Waals surface area contributed by atoms with Gasteiger partial charge in [0.15, 0.2) is 0 Å². The summed E-state index contributed by atoms with van der Waals surface area (Å²) in [7, 11) is 0. The monoisotopic (exact) mass is 198 g/mol. The van der Waals surface area contributed by atoms with Crippen LogP contribution in [0.15, 0.2) is 0 Å². The van der Waals surface area contributed by atoms with Crippen LogP contribution in [0.1, 0.15) is 13.8 Å². The van der Waals surface area contributed by atoms with E-state index in [9.17, 15) is 18.0 Å². The fourth-order valence-electron chi connectivity index (χ4n) is 0.869. The van der Waals surface area contributed by atoms with Gasteiger partial charge in [0.05, 0.1) is 6.54 Å². The molecular weight excluding hydrogens is 185 g/mol. The van der Waals surface area contributed by atoms with E-state index in [1.54, 1.807) is 0 Å². The number of hydrogen-bond donors (Lipinski definition) is 1. The molecule has 0 heterocycles. The summed E-state index contributed by atoms with van der Waals surface area (Å²) in [4.78, 5) is 11.6. The quantitative estimate of drug-likeness (QED) is 0.727. The number of hydrogen-bond acceptors (Lipinski definition) is 2. The van der Waals surface area contributed by atoms with E-state index in [-0.39, 0.29) is 0 Å². The minimum atomic E-state index is -4.37. The minimum absolute atomic E-state index is 0.395. The van der Waals surface area contributed by atoms with Gasteiger partial charge in [-0.3, -0.25) is 4.79 Å². The van der Waals surface area contributed by atoms with E-state index >= 15 is 0 Å². The van der Waals surface area contributed by atoms with Crippen molar-refractivity contribution in [3.8, 4) is 0 Å². The van der Waals surface area contributed by atoms with Crippen LogP contribution in [0.2, 0.25) is 0 Å². The maximum Gasteiger partial charge on any atom is 0.406 e. The smallest absolute Gasteiger partial charge is 0.330 e. The van der Waals surface area contributed by atoms with Crippen molar-refractivity contribution >= 4 is 5.91 Å². The van der Waals surface area contributed by atoms with Gasteiger partial charge in [-0.15, -0.1) is 0 Å². The van der Waals surface area contributed by atoms with Gasteiger partial charge >= 0.3 is 6.18 Å². The Labute approximate surface area is 74.7 Å². The minimum Gasteiger partial charge on any atom is -0.330 e. The summed E-state index contributed by atoms with van der Waals surface area (Å²) in [5.74, 6) is -0.688. The van der Waals surface area contributed by atoms with E-state index in [4.69, 9.17) is 5.73 Å². The Balaban J connectivity index is 4.36. The first-order valence-electron chi connectivity index (χ1n) is 3.84. The molecule has 0 fully saturated rings. The second-order valence-corrected chi connectivity index (χ2v) is 2.93. The zero-order valence-corrected chi connectivity index (χ0v) is 7.56. The summed E-state index contributed by atoms with van der Waals surface area (Å²) in [5.41, 5.74) is 4.97. The van der Waals surface area contributed by atoms with Gasteiger partial charge in [-0.05, 0) is 13.8 Å². The summed E-state index contributed by atoms with van der Waals surface area (Å²) in [6.45, 7) is 1.40. The molecule has 13 heavy (non-hydrogen) atoms. The average molecular weight is 198 g/mol. The molecule has 3 nitrogen and oxygen atoms in total. The third kappa shape index (κ3) is 4.72. The first-order valence-corrected chi connectivity index (χ1v) is 3.84. The largest absolute Gasteiger partial charge is 0.406 e. The highest BCUT2D eigenvalue weighted by Crippen LogP contribution is 2.17. The van der Waals surface area contributed by atoms with E-state index in [1.807, 2.05) is 0 Å². The fraction of sp³-hybridized carbons (Fsp3) is 0.857. The summed E-state index contributed by atoms with van der Waals surface area (Å²) in [6.07, 6.45) is -4.37. The molecule has 78 valence electrons. The van der Waals surface area contributed by atoms with E-state index in [2.05, 4.69) is 0 Å². The SMILES string of the molecule is CC(C)N(CC(F)(F)F)C(=O)CN. The molecule has 0 bridgehead atoms. The lowest BCUT2D eigenvalue weighted by atomic mass is 10.3. The molecule has 0 radical (unpaired) electrons. The Hall–Kier alpha value is -0.780. The van der Waals surface area contributed by atoms with Gasteiger partial charge in [-0.2, -0.15) is 13.2 Å². The van der Waals surface area contributed by atoms with Crippen LogP contribution in [-0.2, 0) is 4.79 Å². The van der Waals surface area contributed by atoms with Crippen molar-refractivity contribution in [3.05, 3.63) is 0 Å². The molecule has 0 saturated heterocycles. The lowest BCUT2D eigenvalue weighted by Crippen LogP contribution is -2.45. The van der Waals surface area contributed by atoms with Gasteiger partial charge in [0.25, 0.3) is 0 Å². The highest BCUT2D eigenvalue weighted by Gasteiger charge is 2.33. The van der Waals surface area contributed by atoms with Crippen LogP contribution in [0.3, 0.4) is 0 Å². The summed E-state index contributed by atoms with van der Waals surface area (Å²) in [5, 5.41) is 0. The zero-order chi connectivity index (χ0) is 10.6. The molecule has 1 amide bonds. The van der Waals surface area contributed by atoms with Crippen LogP contribution in [0.4, 0.5) is 13.2 Å². The van der Waals surface area contributed by atoms with Crippen LogP contribution in [0, 0.1) is 0 Å². The van der Waals surface area contributed by atoms with Gasteiger partial charge < -0.3 is 10.6 Å². The van der Waals surface area contributed by atoms with Gasteiger partial charge in [0, 0.05) is 6.04 Å². The molecular formula is C7H13F3N2O. The summed E-state index contributed by atoms with van der Waals surface area (Å²) < 4.78 is 35.8. The predicted octanol–water partition coefficient (Wildman–Crippen LogP) is 0.744. The second kappa shape index (κ2) is 4.45. The number of nitrogens with zero attached hydrogens (tertiary/aromatic N) is 1. The molecule has 0 atom stereocenters. The van der Waals surface area contributed by atoms with Crippen molar-refractivity contribution in [2.75, 3.05) is 13.1 Å². The van der Waals surface area contributed by atoms with Gasteiger partial charge in [0.1, 0.15) is 6.54 Å². The van der Waals surface area contributed by atoms with Gasteiger partial charge in [0.2, 0.25) is 5.91 Å². The lowest BCUT2D eigenvalue weighted by molar-refractivity contribution is -0.163. The highest BCUT2D eigenvalue weighted by molar-refractivity contribution is 5.78. The molecule has 0 unspecified atom stereocenters.